The molecule has 0 aliphatic heterocycles. The summed E-state index contributed by atoms with van der Waals surface area (Å²) in [7, 11) is 1.45. The molecule has 3 nitrogen and oxygen atoms in total. The van der Waals surface area contributed by atoms with Crippen molar-refractivity contribution in [1.82, 2.24) is 0 Å². The lowest BCUT2D eigenvalue weighted by Crippen LogP contribution is -2.27. The number of nitrogens with zero attached hydrogens (tertiary/aromatic N) is 1. The molecule has 0 aliphatic carbocycles. The van der Waals surface area contributed by atoms with Crippen LogP contribution in [0.4, 0.5) is 27.6 Å². The Morgan fingerprint density at radius 1 is 1.16 bits per heavy atom. The molecule has 2 aromatic rings. The molecular weight excluding hydrogens is 343 g/mol. The molecule has 0 radical (unpaired) electrons. The lowest BCUT2D eigenvalue weighted by Gasteiger charge is -2.21. The van der Waals surface area contributed by atoms with Gasteiger partial charge in [-0.05, 0) is 25.1 Å². The molecule has 0 saturated heterocycles. The summed E-state index contributed by atoms with van der Waals surface area (Å²) in [4.78, 5) is 0. The SMILES string of the molecule is Cc1ccc(OCc2c(C(F)F)cccc2N(C)N)c(C(F)(F)F)c1. The average Bonchev–Trinajstić information content (AvgIpc) is 2.52. The zero-order valence-corrected chi connectivity index (χ0v) is 13.6. The van der Waals surface area contributed by atoms with Gasteiger partial charge in [0.15, 0.2) is 0 Å². The number of alkyl halides is 5. The maximum Gasteiger partial charge on any atom is 0.419 e. The molecule has 0 spiro atoms. The van der Waals surface area contributed by atoms with Crippen molar-refractivity contribution in [3.05, 3.63) is 58.7 Å². The maximum absolute atomic E-state index is 13.2. The minimum atomic E-state index is -4.61. The Morgan fingerprint density at radius 2 is 1.84 bits per heavy atom. The second-order valence-corrected chi connectivity index (χ2v) is 5.54. The van der Waals surface area contributed by atoms with Gasteiger partial charge in [-0.1, -0.05) is 23.8 Å². The van der Waals surface area contributed by atoms with Gasteiger partial charge in [-0.25, -0.2) is 14.6 Å². The molecule has 0 aromatic heterocycles. The minimum Gasteiger partial charge on any atom is -0.488 e. The standard InChI is InChI=1S/C17H17F5N2O/c1-10-6-7-15(13(8-10)17(20,21)22)25-9-12-11(16(18)19)4-3-5-14(12)24(2)23/h3-8,16H,9,23H2,1-2H3. The molecule has 0 saturated carbocycles. The van der Waals surface area contributed by atoms with Crippen molar-refractivity contribution < 1.29 is 26.7 Å². The van der Waals surface area contributed by atoms with Crippen LogP contribution in [0, 0.1) is 6.92 Å². The van der Waals surface area contributed by atoms with E-state index in [2.05, 4.69) is 0 Å². The fraction of sp³-hybridized carbons (Fsp3) is 0.294. The summed E-state index contributed by atoms with van der Waals surface area (Å²) >= 11 is 0. The van der Waals surface area contributed by atoms with Crippen molar-refractivity contribution in [2.75, 3.05) is 12.1 Å². The molecule has 136 valence electrons. The van der Waals surface area contributed by atoms with Gasteiger partial charge in [0.05, 0.1) is 11.3 Å². The molecule has 0 atom stereocenters. The number of anilines is 1. The zero-order valence-electron chi connectivity index (χ0n) is 13.6. The van der Waals surface area contributed by atoms with Gasteiger partial charge in [0, 0.05) is 18.2 Å². The van der Waals surface area contributed by atoms with E-state index in [9.17, 15) is 22.0 Å². The number of halogens is 5. The van der Waals surface area contributed by atoms with Crippen molar-refractivity contribution in [1.29, 1.82) is 0 Å². The Balaban J connectivity index is 2.40. The lowest BCUT2D eigenvalue weighted by atomic mass is 10.1. The van der Waals surface area contributed by atoms with Gasteiger partial charge in [-0.3, -0.25) is 0 Å². The number of hydrogen-bond donors (Lipinski definition) is 1. The van der Waals surface area contributed by atoms with Crippen LogP contribution in [0.2, 0.25) is 0 Å². The van der Waals surface area contributed by atoms with Crippen molar-refractivity contribution in [2.45, 2.75) is 26.1 Å². The molecule has 0 amide bonds. The number of hydrazine groups is 1. The van der Waals surface area contributed by atoms with Crippen LogP contribution in [-0.2, 0) is 12.8 Å². The van der Waals surface area contributed by atoms with Gasteiger partial charge < -0.3 is 9.75 Å². The number of hydrogen-bond acceptors (Lipinski definition) is 3. The summed E-state index contributed by atoms with van der Waals surface area (Å²) < 4.78 is 71.1. The maximum atomic E-state index is 13.2. The largest absolute Gasteiger partial charge is 0.488 e. The van der Waals surface area contributed by atoms with Crippen LogP contribution in [0.25, 0.3) is 0 Å². The van der Waals surface area contributed by atoms with Crippen LogP contribution in [0.15, 0.2) is 36.4 Å². The first-order valence-electron chi connectivity index (χ1n) is 7.30. The van der Waals surface area contributed by atoms with E-state index in [0.29, 0.717) is 5.56 Å². The number of nitrogens with two attached hydrogens (primary N) is 1. The Hall–Kier alpha value is -2.35. The zero-order chi connectivity index (χ0) is 18.8. The highest BCUT2D eigenvalue weighted by molar-refractivity contribution is 5.56. The fourth-order valence-electron chi connectivity index (χ4n) is 2.43. The van der Waals surface area contributed by atoms with Gasteiger partial charge in [0.25, 0.3) is 6.43 Å². The van der Waals surface area contributed by atoms with Crippen LogP contribution < -0.4 is 15.6 Å². The molecule has 8 heteroatoms. The summed E-state index contributed by atoms with van der Waals surface area (Å²) in [5.41, 5.74) is -0.593. The Bertz CT molecular complexity index is 718. The van der Waals surface area contributed by atoms with Crippen molar-refractivity contribution in [3.8, 4) is 5.75 Å². The molecule has 0 bridgehead atoms. The van der Waals surface area contributed by atoms with E-state index in [1.54, 1.807) is 0 Å². The van der Waals surface area contributed by atoms with Crippen LogP contribution in [0.3, 0.4) is 0 Å². The predicted octanol–water partition coefficient (Wildman–Crippen LogP) is 4.84. The normalized spacial score (nSPS) is 11.7. The third-order valence-electron chi connectivity index (χ3n) is 3.62. The highest BCUT2D eigenvalue weighted by Gasteiger charge is 2.34. The van der Waals surface area contributed by atoms with E-state index < -0.39 is 30.5 Å². The first-order chi connectivity index (χ1) is 11.6. The van der Waals surface area contributed by atoms with E-state index in [-0.39, 0.29) is 16.8 Å². The number of aryl methyl sites for hydroxylation is 1. The average molecular weight is 360 g/mol. The van der Waals surface area contributed by atoms with Crippen LogP contribution in [-0.4, -0.2) is 7.05 Å². The highest BCUT2D eigenvalue weighted by atomic mass is 19.4. The molecule has 2 aromatic carbocycles. The quantitative estimate of drug-likeness (QED) is 0.471. The van der Waals surface area contributed by atoms with E-state index in [1.807, 2.05) is 0 Å². The molecular formula is C17H17F5N2O. The van der Waals surface area contributed by atoms with E-state index >= 15 is 0 Å². The summed E-state index contributed by atoms with van der Waals surface area (Å²) in [6.07, 6.45) is -7.42. The third kappa shape index (κ3) is 4.39. The van der Waals surface area contributed by atoms with Crippen LogP contribution in [0.1, 0.15) is 28.7 Å². The molecule has 0 fully saturated rings. The van der Waals surface area contributed by atoms with Gasteiger partial charge in [-0.15, -0.1) is 0 Å². The van der Waals surface area contributed by atoms with Crippen LogP contribution >= 0.6 is 0 Å². The predicted molar refractivity (Wildman–Crippen MR) is 84.5 cm³/mol. The summed E-state index contributed by atoms with van der Waals surface area (Å²) in [5, 5.41) is 1.12. The first-order valence-corrected chi connectivity index (χ1v) is 7.30. The Morgan fingerprint density at radius 3 is 2.40 bits per heavy atom. The molecule has 2 N–H and O–H groups in total. The van der Waals surface area contributed by atoms with Crippen molar-refractivity contribution >= 4 is 5.69 Å². The molecule has 25 heavy (non-hydrogen) atoms. The summed E-state index contributed by atoms with van der Waals surface area (Å²) in [6, 6.07) is 7.66. The molecule has 2 rings (SSSR count). The molecule has 0 aliphatic rings. The van der Waals surface area contributed by atoms with Gasteiger partial charge in [0.1, 0.15) is 12.4 Å². The van der Waals surface area contributed by atoms with E-state index in [1.165, 1.54) is 44.3 Å². The van der Waals surface area contributed by atoms with Gasteiger partial charge in [0.2, 0.25) is 0 Å². The fourth-order valence-corrected chi connectivity index (χ4v) is 2.43. The summed E-state index contributed by atoms with van der Waals surface area (Å²) in [5.74, 6) is 5.20. The highest BCUT2D eigenvalue weighted by Crippen LogP contribution is 2.38. The number of benzene rings is 2. The van der Waals surface area contributed by atoms with E-state index in [0.717, 1.165) is 11.1 Å². The van der Waals surface area contributed by atoms with Gasteiger partial charge in [-0.2, -0.15) is 13.2 Å². The Kier molecular flexibility index (Phi) is 5.52. The van der Waals surface area contributed by atoms with Crippen molar-refractivity contribution in [2.24, 2.45) is 5.84 Å². The Labute approximate surface area is 141 Å². The van der Waals surface area contributed by atoms with Crippen LogP contribution in [0.5, 0.6) is 5.75 Å². The van der Waals surface area contributed by atoms with Gasteiger partial charge >= 0.3 is 6.18 Å². The second kappa shape index (κ2) is 7.26. The smallest absolute Gasteiger partial charge is 0.419 e. The monoisotopic (exact) mass is 360 g/mol. The summed E-state index contributed by atoms with van der Waals surface area (Å²) in [6.45, 7) is 1.05. The molecule has 0 heterocycles. The molecule has 0 unspecified atom stereocenters. The second-order valence-electron chi connectivity index (χ2n) is 5.54. The third-order valence-corrected chi connectivity index (χ3v) is 3.62. The van der Waals surface area contributed by atoms with E-state index in [4.69, 9.17) is 10.6 Å². The van der Waals surface area contributed by atoms with Crippen molar-refractivity contribution in [3.63, 3.8) is 0 Å². The topological polar surface area (TPSA) is 38.5 Å². The first kappa shape index (κ1) is 19.0. The number of ether oxygens (including phenoxy) is 1. The minimum absolute atomic E-state index is 0.0381. The number of rotatable bonds is 5. The lowest BCUT2D eigenvalue weighted by molar-refractivity contribution is -0.139.